The molecule has 1 atom stereocenters. The van der Waals surface area contributed by atoms with Crippen LogP contribution in [0.2, 0.25) is 0 Å². The Labute approximate surface area is 182 Å². The van der Waals surface area contributed by atoms with Crippen molar-refractivity contribution in [1.82, 2.24) is 14.8 Å². The third-order valence-electron chi connectivity index (χ3n) is 5.55. The molecule has 2 aromatic rings. The highest BCUT2D eigenvalue weighted by Crippen LogP contribution is 2.26. The molecule has 1 fully saturated rings. The highest BCUT2D eigenvalue weighted by Gasteiger charge is 2.28. The van der Waals surface area contributed by atoms with Gasteiger partial charge < -0.3 is 24.4 Å². The maximum atomic E-state index is 11.9. The Bertz CT molecular complexity index is 936. The van der Waals surface area contributed by atoms with E-state index >= 15 is 0 Å². The van der Waals surface area contributed by atoms with Crippen LogP contribution in [0.3, 0.4) is 0 Å². The molecule has 0 unspecified atom stereocenters. The van der Waals surface area contributed by atoms with Crippen LogP contribution in [-0.2, 0) is 27.5 Å². The summed E-state index contributed by atoms with van der Waals surface area (Å²) in [7, 11) is 0.480. The van der Waals surface area contributed by atoms with Crippen LogP contribution in [-0.4, -0.2) is 60.2 Å². The predicted molar refractivity (Wildman–Crippen MR) is 118 cm³/mol. The van der Waals surface area contributed by atoms with Gasteiger partial charge in [-0.15, -0.1) is 0 Å². The van der Waals surface area contributed by atoms with E-state index in [1.807, 2.05) is 13.8 Å². The number of rotatable bonds is 9. The van der Waals surface area contributed by atoms with Gasteiger partial charge in [0.15, 0.2) is 0 Å². The number of nitrogens with one attached hydrogen (secondary N) is 1. The summed E-state index contributed by atoms with van der Waals surface area (Å²) in [5, 5.41) is 3.31. The molecular weight excluding hydrogens is 397 g/mol. The number of nitrogens with zero attached hydrogens (tertiary/aromatic N) is 4. The SMILES string of the molecule is CCN1C(=O)OCc2cnc(N[C@@H](C)c3ccc(COC4CN(BC=O)C4)cc3)nc21. The molecule has 0 aliphatic carbocycles. The summed E-state index contributed by atoms with van der Waals surface area (Å²) >= 11 is 0. The second-order valence-electron chi connectivity index (χ2n) is 7.77. The van der Waals surface area contributed by atoms with Crippen molar-refractivity contribution in [2.75, 3.05) is 29.9 Å². The zero-order valence-corrected chi connectivity index (χ0v) is 17.8. The van der Waals surface area contributed by atoms with Crippen molar-refractivity contribution in [2.24, 2.45) is 0 Å². The fourth-order valence-electron chi connectivity index (χ4n) is 3.66. The predicted octanol–water partition coefficient (Wildman–Crippen LogP) is 1.87. The number of amides is 1. The van der Waals surface area contributed by atoms with E-state index in [2.05, 4.69) is 44.4 Å². The van der Waals surface area contributed by atoms with Crippen LogP contribution in [0.5, 0.6) is 0 Å². The van der Waals surface area contributed by atoms with Crippen LogP contribution in [0.15, 0.2) is 30.5 Å². The lowest BCUT2D eigenvalue weighted by atomic mass is 9.89. The monoisotopic (exact) mass is 423 g/mol. The number of anilines is 2. The molecule has 0 radical (unpaired) electrons. The maximum absolute atomic E-state index is 11.9. The van der Waals surface area contributed by atoms with E-state index in [1.54, 1.807) is 6.20 Å². The first-order chi connectivity index (χ1) is 15.1. The molecule has 162 valence electrons. The highest BCUT2D eigenvalue weighted by atomic mass is 16.6. The van der Waals surface area contributed by atoms with Crippen LogP contribution < -0.4 is 10.2 Å². The zero-order chi connectivity index (χ0) is 21.8. The molecule has 3 heterocycles. The number of ether oxygens (including phenoxy) is 2. The van der Waals surface area contributed by atoms with E-state index in [4.69, 9.17) is 9.47 Å². The van der Waals surface area contributed by atoms with Gasteiger partial charge >= 0.3 is 6.09 Å². The summed E-state index contributed by atoms with van der Waals surface area (Å²) in [5.41, 5.74) is 2.99. The van der Waals surface area contributed by atoms with Crippen molar-refractivity contribution in [3.05, 3.63) is 47.2 Å². The lowest BCUT2D eigenvalue weighted by molar-refractivity contribution is -0.0300. The first-order valence-corrected chi connectivity index (χ1v) is 10.5. The number of hydrogen-bond donors (Lipinski definition) is 1. The molecule has 2 aliphatic heterocycles. The van der Waals surface area contributed by atoms with Crippen molar-refractivity contribution in [2.45, 2.75) is 39.2 Å². The Hall–Kier alpha value is -2.98. The lowest BCUT2D eigenvalue weighted by Gasteiger charge is -2.37. The Morgan fingerprint density at radius 2 is 2.13 bits per heavy atom. The normalized spacial score (nSPS) is 17.4. The number of aromatic nitrogens is 2. The maximum Gasteiger partial charge on any atom is 0.415 e. The number of carbonyl (C=O) groups excluding carboxylic acids is 2. The first-order valence-electron chi connectivity index (χ1n) is 10.5. The molecule has 4 rings (SSSR count). The number of cyclic esters (lactones) is 1. The molecule has 2 aliphatic rings. The highest BCUT2D eigenvalue weighted by molar-refractivity contribution is 6.64. The van der Waals surface area contributed by atoms with Gasteiger partial charge in [0.25, 0.3) is 7.41 Å². The van der Waals surface area contributed by atoms with Crippen molar-refractivity contribution in [3.63, 3.8) is 0 Å². The van der Waals surface area contributed by atoms with Crippen LogP contribution in [0.25, 0.3) is 0 Å². The smallest absolute Gasteiger partial charge is 0.415 e. The summed E-state index contributed by atoms with van der Waals surface area (Å²) in [6.07, 6.45) is 2.43. The van der Waals surface area contributed by atoms with E-state index in [1.165, 1.54) is 4.90 Å². The summed E-state index contributed by atoms with van der Waals surface area (Å²) in [5.74, 6) is 1.07. The number of fused-ring (bicyclic) bond motifs is 1. The van der Waals surface area contributed by atoms with E-state index in [0.29, 0.717) is 32.3 Å². The lowest BCUT2D eigenvalue weighted by Crippen LogP contribution is -2.53. The van der Waals surface area contributed by atoms with Gasteiger partial charge in [-0.1, -0.05) is 24.3 Å². The molecule has 10 heteroatoms. The van der Waals surface area contributed by atoms with E-state index in [0.717, 1.165) is 36.0 Å². The fourth-order valence-corrected chi connectivity index (χ4v) is 3.66. The average Bonchev–Trinajstić information content (AvgIpc) is 2.75. The van der Waals surface area contributed by atoms with Crippen molar-refractivity contribution in [1.29, 1.82) is 0 Å². The molecule has 9 nitrogen and oxygen atoms in total. The minimum atomic E-state index is -0.385. The molecule has 0 bridgehead atoms. The van der Waals surface area contributed by atoms with Crippen LogP contribution in [0.4, 0.5) is 16.6 Å². The van der Waals surface area contributed by atoms with Gasteiger partial charge in [-0.3, -0.25) is 4.90 Å². The van der Waals surface area contributed by atoms with Crippen LogP contribution >= 0.6 is 0 Å². The molecule has 1 saturated heterocycles. The zero-order valence-electron chi connectivity index (χ0n) is 17.8. The first kappa shape index (κ1) is 21.3. The molecule has 1 N–H and O–H groups in total. The molecule has 1 aromatic carbocycles. The van der Waals surface area contributed by atoms with Crippen LogP contribution in [0, 0.1) is 0 Å². The van der Waals surface area contributed by atoms with Crippen molar-refractivity contribution >= 4 is 31.5 Å². The number of hydrogen-bond acceptors (Lipinski definition) is 8. The third kappa shape index (κ3) is 4.86. The second-order valence-corrected chi connectivity index (χ2v) is 7.77. The van der Waals surface area contributed by atoms with Gasteiger partial charge in [-0.05, 0) is 25.0 Å². The molecule has 1 aromatic heterocycles. The standard InChI is InChI=1S/C21H26BN5O4/c1-3-27-19-17(12-31-21(27)29)8-23-20(25-19)24-14(2)16-6-4-15(5-7-16)11-30-18-9-26(10-18)22-13-28/h4-8,13-14,18,22H,3,9-12H2,1-2H3,(H,23,24,25)/t14-/m0/s1. The largest absolute Gasteiger partial charge is 0.444 e. The van der Waals surface area contributed by atoms with Crippen LogP contribution in [0.1, 0.15) is 36.6 Å². The van der Waals surface area contributed by atoms with Gasteiger partial charge in [0.2, 0.25) is 5.95 Å². The Kier molecular flexibility index (Phi) is 6.48. The summed E-state index contributed by atoms with van der Waals surface area (Å²) < 4.78 is 11.0. The molecule has 1 amide bonds. The number of carbonyl (C=O) groups is 2. The quantitative estimate of drug-likeness (QED) is 0.483. The minimum absolute atomic E-state index is 0.0119. The van der Waals surface area contributed by atoms with Gasteiger partial charge in [0, 0.05) is 25.8 Å². The Morgan fingerprint density at radius 3 is 2.84 bits per heavy atom. The fraction of sp³-hybridized carbons (Fsp3) is 0.429. The average molecular weight is 423 g/mol. The van der Waals surface area contributed by atoms with Gasteiger partial charge in [0.05, 0.1) is 30.5 Å². The third-order valence-corrected chi connectivity index (χ3v) is 5.55. The van der Waals surface area contributed by atoms with Crippen molar-refractivity contribution < 1.29 is 19.1 Å². The Morgan fingerprint density at radius 1 is 1.35 bits per heavy atom. The van der Waals surface area contributed by atoms with Gasteiger partial charge in [-0.2, -0.15) is 4.98 Å². The van der Waals surface area contributed by atoms with Crippen molar-refractivity contribution in [3.8, 4) is 0 Å². The molecule has 0 spiro atoms. The molecule has 0 saturated carbocycles. The summed E-state index contributed by atoms with van der Waals surface area (Å²) in [4.78, 5) is 34.9. The summed E-state index contributed by atoms with van der Waals surface area (Å²) in [6, 6.07) is 8.21. The molecule has 31 heavy (non-hydrogen) atoms. The second kappa shape index (κ2) is 9.44. The minimum Gasteiger partial charge on any atom is -0.444 e. The topological polar surface area (TPSA) is 96.9 Å². The van der Waals surface area contributed by atoms with Gasteiger partial charge in [-0.25, -0.2) is 9.78 Å². The Balaban J connectivity index is 1.33. The summed E-state index contributed by atoms with van der Waals surface area (Å²) in [6.45, 7) is 6.77. The number of benzene rings is 1. The molecular formula is C21H26BN5O4. The van der Waals surface area contributed by atoms with Gasteiger partial charge in [0.1, 0.15) is 12.4 Å². The van der Waals surface area contributed by atoms with E-state index in [9.17, 15) is 9.59 Å². The van der Waals surface area contributed by atoms with E-state index in [-0.39, 0.29) is 24.8 Å². The van der Waals surface area contributed by atoms with E-state index < -0.39 is 0 Å².